The lowest BCUT2D eigenvalue weighted by atomic mass is 10.0. The van der Waals surface area contributed by atoms with E-state index in [0.29, 0.717) is 4.99 Å². The van der Waals surface area contributed by atoms with E-state index >= 15 is 0 Å². The Morgan fingerprint density at radius 3 is 2.41 bits per heavy atom. The molecule has 2 atom stereocenters. The molecule has 0 radical (unpaired) electrons. The molecule has 1 aromatic rings. The number of anilines is 1. The van der Waals surface area contributed by atoms with Crippen LogP contribution in [0.5, 0.6) is 0 Å². The number of rotatable bonds is 2. The number of nitrogens with zero attached hydrogens (tertiary/aromatic N) is 1. The van der Waals surface area contributed by atoms with Crippen LogP contribution in [0, 0.1) is 18.8 Å². The fourth-order valence-corrected chi connectivity index (χ4v) is 2.61. The van der Waals surface area contributed by atoms with E-state index in [0.717, 1.165) is 30.5 Å². The SMILES string of the molecule is Cc1ccc(N2CC(C)C(C)C2)c(C(N)=S)c1. The van der Waals surface area contributed by atoms with Gasteiger partial charge in [0.05, 0.1) is 0 Å². The molecule has 1 aliphatic heterocycles. The van der Waals surface area contributed by atoms with Crippen molar-refractivity contribution < 1.29 is 0 Å². The Morgan fingerprint density at radius 2 is 1.88 bits per heavy atom. The highest BCUT2D eigenvalue weighted by Gasteiger charge is 2.27. The van der Waals surface area contributed by atoms with Gasteiger partial charge < -0.3 is 10.6 Å². The predicted octanol–water partition coefficient (Wildman–Crippen LogP) is 2.72. The van der Waals surface area contributed by atoms with Gasteiger partial charge in [-0.1, -0.05) is 37.7 Å². The van der Waals surface area contributed by atoms with E-state index < -0.39 is 0 Å². The van der Waals surface area contributed by atoms with E-state index in [2.05, 4.69) is 43.9 Å². The zero-order chi connectivity index (χ0) is 12.6. The number of benzene rings is 1. The van der Waals surface area contributed by atoms with Gasteiger partial charge in [-0.05, 0) is 30.9 Å². The summed E-state index contributed by atoms with van der Waals surface area (Å²) in [5.41, 5.74) is 9.24. The molecular weight excluding hydrogens is 228 g/mol. The molecule has 3 heteroatoms. The highest BCUT2D eigenvalue weighted by molar-refractivity contribution is 7.80. The maximum Gasteiger partial charge on any atom is 0.106 e. The Morgan fingerprint density at radius 1 is 1.29 bits per heavy atom. The van der Waals surface area contributed by atoms with Crippen LogP contribution >= 0.6 is 12.2 Å². The first-order chi connectivity index (χ1) is 7.99. The summed E-state index contributed by atoms with van der Waals surface area (Å²) in [4.78, 5) is 2.90. The van der Waals surface area contributed by atoms with Gasteiger partial charge in [0.2, 0.25) is 0 Å². The maximum atomic E-state index is 5.83. The van der Waals surface area contributed by atoms with E-state index in [4.69, 9.17) is 18.0 Å². The van der Waals surface area contributed by atoms with Crippen LogP contribution in [0.4, 0.5) is 5.69 Å². The summed E-state index contributed by atoms with van der Waals surface area (Å²) in [5.74, 6) is 1.46. The molecule has 2 nitrogen and oxygen atoms in total. The Hall–Kier alpha value is -1.09. The van der Waals surface area contributed by atoms with Crippen LogP contribution in [0.15, 0.2) is 18.2 Å². The van der Waals surface area contributed by atoms with Crippen LogP contribution in [0.25, 0.3) is 0 Å². The van der Waals surface area contributed by atoms with E-state index in [1.165, 1.54) is 11.3 Å². The summed E-state index contributed by atoms with van der Waals surface area (Å²) in [5, 5.41) is 0. The molecule has 1 aromatic carbocycles. The Balaban J connectivity index is 2.36. The highest BCUT2D eigenvalue weighted by Crippen LogP contribution is 2.30. The Kier molecular flexibility index (Phi) is 3.38. The third-order valence-corrected chi connectivity index (χ3v) is 3.97. The van der Waals surface area contributed by atoms with E-state index in [9.17, 15) is 0 Å². The second-order valence-corrected chi connectivity index (χ2v) is 5.68. The molecule has 1 aliphatic rings. The molecule has 0 spiro atoms. The zero-order valence-corrected chi connectivity index (χ0v) is 11.6. The molecule has 0 saturated carbocycles. The number of aryl methyl sites for hydroxylation is 1. The minimum Gasteiger partial charge on any atom is -0.389 e. The molecule has 0 bridgehead atoms. The smallest absolute Gasteiger partial charge is 0.106 e. The molecule has 2 rings (SSSR count). The molecule has 1 fully saturated rings. The minimum absolute atomic E-state index is 0.496. The number of nitrogens with two attached hydrogens (primary N) is 1. The fraction of sp³-hybridized carbons (Fsp3) is 0.500. The molecule has 1 saturated heterocycles. The summed E-state index contributed by atoms with van der Waals surface area (Å²) in [6.45, 7) is 8.87. The van der Waals surface area contributed by atoms with E-state index in [1.807, 2.05) is 0 Å². The van der Waals surface area contributed by atoms with Gasteiger partial charge in [-0.25, -0.2) is 0 Å². The predicted molar refractivity (Wildman–Crippen MR) is 77.6 cm³/mol. The van der Waals surface area contributed by atoms with Gasteiger partial charge in [-0.3, -0.25) is 0 Å². The van der Waals surface area contributed by atoms with Crippen molar-refractivity contribution in [1.29, 1.82) is 0 Å². The normalized spacial score (nSPS) is 24.1. The van der Waals surface area contributed by atoms with Crippen LogP contribution in [-0.4, -0.2) is 18.1 Å². The Bertz CT molecular complexity index is 432. The van der Waals surface area contributed by atoms with Gasteiger partial charge in [0, 0.05) is 24.3 Å². The molecule has 0 amide bonds. The van der Waals surface area contributed by atoms with Gasteiger partial charge in [0.1, 0.15) is 4.99 Å². The van der Waals surface area contributed by atoms with E-state index in [1.54, 1.807) is 0 Å². The minimum atomic E-state index is 0.496. The largest absolute Gasteiger partial charge is 0.389 e. The number of thiocarbonyl (C=S) groups is 1. The summed E-state index contributed by atoms with van der Waals surface area (Å²) in [7, 11) is 0. The molecular formula is C14H20N2S. The van der Waals surface area contributed by atoms with Crippen LogP contribution < -0.4 is 10.6 Å². The summed E-state index contributed by atoms with van der Waals surface area (Å²) < 4.78 is 0. The first-order valence-electron chi connectivity index (χ1n) is 6.14. The standard InChI is InChI=1S/C14H20N2S/c1-9-4-5-13(12(6-9)14(15)17)16-7-10(2)11(3)8-16/h4-6,10-11H,7-8H2,1-3H3,(H2,15,17). The lowest BCUT2D eigenvalue weighted by Crippen LogP contribution is -2.24. The third-order valence-electron chi connectivity index (χ3n) is 3.75. The number of hydrogen-bond donors (Lipinski definition) is 1. The first kappa shape index (κ1) is 12.4. The molecule has 2 unspecified atom stereocenters. The van der Waals surface area contributed by atoms with Gasteiger partial charge in [-0.2, -0.15) is 0 Å². The summed E-state index contributed by atoms with van der Waals surface area (Å²) in [6, 6.07) is 6.37. The highest BCUT2D eigenvalue weighted by atomic mass is 32.1. The fourth-order valence-electron chi connectivity index (χ4n) is 2.45. The first-order valence-corrected chi connectivity index (χ1v) is 6.55. The van der Waals surface area contributed by atoms with Gasteiger partial charge in [0.25, 0.3) is 0 Å². The van der Waals surface area contributed by atoms with Gasteiger partial charge in [-0.15, -0.1) is 0 Å². The van der Waals surface area contributed by atoms with Crippen molar-refractivity contribution in [2.24, 2.45) is 17.6 Å². The molecule has 0 aromatic heterocycles. The maximum absolute atomic E-state index is 5.83. The van der Waals surface area contributed by atoms with Crippen LogP contribution in [0.3, 0.4) is 0 Å². The zero-order valence-electron chi connectivity index (χ0n) is 10.7. The summed E-state index contributed by atoms with van der Waals surface area (Å²) >= 11 is 5.15. The quantitative estimate of drug-likeness (QED) is 0.816. The van der Waals surface area contributed by atoms with Crippen LogP contribution in [0.1, 0.15) is 25.0 Å². The lowest BCUT2D eigenvalue weighted by Gasteiger charge is -2.22. The molecule has 2 N–H and O–H groups in total. The lowest BCUT2D eigenvalue weighted by molar-refractivity contribution is 0.494. The van der Waals surface area contributed by atoms with Crippen molar-refractivity contribution in [3.8, 4) is 0 Å². The van der Waals surface area contributed by atoms with Crippen LogP contribution in [0.2, 0.25) is 0 Å². The molecule has 0 aliphatic carbocycles. The van der Waals surface area contributed by atoms with Gasteiger partial charge in [0.15, 0.2) is 0 Å². The average Bonchev–Trinajstić information content (AvgIpc) is 2.59. The third kappa shape index (κ3) is 2.44. The van der Waals surface area contributed by atoms with Crippen molar-refractivity contribution in [1.82, 2.24) is 0 Å². The molecule has 92 valence electrons. The summed E-state index contributed by atoms with van der Waals surface area (Å²) in [6.07, 6.45) is 0. The second-order valence-electron chi connectivity index (χ2n) is 5.24. The van der Waals surface area contributed by atoms with Crippen molar-refractivity contribution in [2.75, 3.05) is 18.0 Å². The monoisotopic (exact) mass is 248 g/mol. The van der Waals surface area contributed by atoms with E-state index in [-0.39, 0.29) is 0 Å². The molecule has 17 heavy (non-hydrogen) atoms. The molecule has 1 heterocycles. The number of hydrogen-bond acceptors (Lipinski definition) is 2. The second kappa shape index (κ2) is 4.65. The van der Waals surface area contributed by atoms with Crippen molar-refractivity contribution in [3.63, 3.8) is 0 Å². The van der Waals surface area contributed by atoms with Crippen molar-refractivity contribution in [2.45, 2.75) is 20.8 Å². The van der Waals surface area contributed by atoms with Crippen molar-refractivity contribution >= 4 is 22.9 Å². The van der Waals surface area contributed by atoms with Gasteiger partial charge >= 0.3 is 0 Å². The topological polar surface area (TPSA) is 29.3 Å². The van der Waals surface area contributed by atoms with Crippen molar-refractivity contribution in [3.05, 3.63) is 29.3 Å². The average molecular weight is 248 g/mol. The Labute approximate surface area is 109 Å². The van der Waals surface area contributed by atoms with Crippen LogP contribution in [-0.2, 0) is 0 Å².